The van der Waals surface area contributed by atoms with Gasteiger partial charge >= 0.3 is 0 Å². The van der Waals surface area contributed by atoms with E-state index in [4.69, 9.17) is 0 Å². The summed E-state index contributed by atoms with van der Waals surface area (Å²) in [5.74, 6) is 0.479. The van der Waals surface area contributed by atoms with Crippen molar-refractivity contribution in [1.82, 2.24) is 15.0 Å². The SMILES string of the molecule is Cc1cccc(-n2nccn2)c1C(C)C. The van der Waals surface area contributed by atoms with E-state index in [1.807, 2.05) is 6.07 Å². The lowest BCUT2D eigenvalue weighted by molar-refractivity contribution is 0.724. The Morgan fingerprint density at radius 2 is 1.80 bits per heavy atom. The Morgan fingerprint density at radius 1 is 1.13 bits per heavy atom. The molecule has 78 valence electrons. The first-order valence-electron chi connectivity index (χ1n) is 5.16. The summed E-state index contributed by atoms with van der Waals surface area (Å²) in [6.45, 7) is 6.51. The van der Waals surface area contributed by atoms with Crippen LogP contribution in [0.5, 0.6) is 0 Å². The van der Waals surface area contributed by atoms with Crippen LogP contribution >= 0.6 is 0 Å². The summed E-state index contributed by atoms with van der Waals surface area (Å²) in [6, 6.07) is 6.23. The van der Waals surface area contributed by atoms with Crippen LogP contribution in [-0.2, 0) is 0 Å². The normalized spacial score (nSPS) is 10.9. The number of benzene rings is 1. The van der Waals surface area contributed by atoms with Crippen LogP contribution in [0.2, 0.25) is 0 Å². The van der Waals surface area contributed by atoms with E-state index in [9.17, 15) is 0 Å². The fourth-order valence-electron chi connectivity index (χ4n) is 1.93. The zero-order valence-electron chi connectivity index (χ0n) is 9.31. The van der Waals surface area contributed by atoms with Crippen LogP contribution in [0.4, 0.5) is 0 Å². The van der Waals surface area contributed by atoms with Gasteiger partial charge in [-0.1, -0.05) is 26.0 Å². The van der Waals surface area contributed by atoms with Crippen LogP contribution in [0.25, 0.3) is 5.69 Å². The zero-order valence-corrected chi connectivity index (χ0v) is 9.31. The molecule has 1 heterocycles. The Labute approximate surface area is 89.7 Å². The third kappa shape index (κ3) is 1.77. The number of hydrogen-bond acceptors (Lipinski definition) is 2. The van der Waals surface area contributed by atoms with Gasteiger partial charge in [0.15, 0.2) is 0 Å². The van der Waals surface area contributed by atoms with Crippen LogP contribution in [0.1, 0.15) is 30.9 Å². The average Bonchev–Trinajstić information content (AvgIpc) is 2.69. The van der Waals surface area contributed by atoms with Gasteiger partial charge in [-0.2, -0.15) is 15.0 Å². The molecule has 3 heteroatoms. The van der Waals surface area contributed by atoms with Crippen LogP contribution in [0.15, 0.2) is 30.6 Å². The molecule has 0 saturated carbocycles. The van der Waals surface area contributed by atoms with Gasteiger partial charge in [0, 0.05) is 0 Å². The van der Waals surface area contributed by atoms with Gasteiger partial charge in [-0.15, -0.1) is 0 Å². The van der Waals surface area contributed by atoms with Gasteiger partial charge in [-0.25, -0.2) is 0 Å². The van der Waals surface area contributed by atoms with Crippen LogP contribution in [-0.4, -0.2) is 15.0 Å². The second-order valence-corrected chi connectivity index (χ2v) is 3.98. The van der Waals surface area contributed by atoms with E-state index >= 15 is 0 Å². The molecule has 0 aliphatic heterocycles. The molecule has 0 N–H and O–H groups in total. The lowest BCUT2D eigenvalue weighted by Crippen LogP contribution is -2.05. The summed E-state index contributed by atoms with van der Waals surface area (Å²) >= 11 is 0. The van der Waals surface area contributed by atoms with Gasteiger partial charge in [-0.05, 0) is 30.0 Å². The molecule has 2 rings (SSSR count). The number of nitrogens with zero attached hydrogens (tertiary/aromatic N) is 3. The summed E-state index contributed by atoms with van der Waals surface area (Å²) in [6.07, 6.45) is 3.40. The van der Waals surface area contributed by atoms with E-state index in [1.54, 1.807) is 17.2 Å². The molecule has 0 amide bonds. The summed E-state index contributed by atoms with van der Waals surface area (Å²) in [4.78, 5) is 1.68. The molecule has 1 aromatic carbocycles. The Hall–Kier alpha value is -1.64. The standard InChI is InChI=1S/C12H15N3/c1-9(2)12-10(3)5-4-6-11(12)15-13-7-8-14-15/h4-9H,1-3H3. The maximum Gasteiger partial charge on any atom is 0.0893 e. The molecule has 0 saturated heterocycles. The van der Waals surface area contributed by atoms with Gasteiger partial charge in [0.25, 0.3) is 0 Å². The van der Waals surface area contributed by atoms with Crippen molar-refractivity contribution >= 4 is 0 Å². The third-order valence-corrected chi connectivity index (χ3v) is 2.51. The minimum absolute atomic E-state index is 0.479. The van der Waals surface area contributed by atoms with Crippen molar-refractivity contribution in [3.05, 3.63) is 41.7 Å². The van der Waals surface area contributed by atoms with E-state index in [0.29, 0.717) is 5.92 Å². The molecule has 3 nitrogen and oxygen atoms in total. The van der Waals surface area contributed by atoms with Crippen molar-refractivity contribution in [2.75, 3.05) is 0 Å². The molecule has 0 atom stereocenters. The quantitative estimate of drug-likeness (QED) is 0.748. The first-order chi connectivity index (χ1) is 7.20. The molecule has 0 spiro atoms. The molecule has 0 unspecified atom stereocenters. The van der Waals surface area contributed by atoms with E-state index in [2.05, 4.69) is 43.1 Å². The molecule has 15 heavy (non-hydrogen) atoms. The van der Waals surface area contributed by atoms with Gasteiger partial charge in [0.1, 0.15) is 0 Å². The molecular formula is C12H15N3. The summed E-state index contributed by atoms with van der Waals surface area (Å²) < 4.78 is 0. The van der Waals surface area contributed by atoms with Gasteiger partial charge < -0.3 is 0 Å². The average molecular weight is 201 g/mol. The molecule has 1 aromatic heterocycles. The summed E-state index contributed by atoms with van der Waals surface area (Å²) in [5.41, 5.74) is 3.68. The van der Waals surface area contributed by atoms with Crippen molar-refractivity contribution in [3.63, 3.8) is 0 Å². The van der Waals surface area contributed by atoms with Crippen molar-refractivity contribution in [2.45, 2.75) is 26.7 Å². The molecule has 0 aliphatic rings. The van der Waals surface area contributed by atoms with Gasteiger partial charge in [0.05, 0.1) is 18.1 Å². The van der Waals surface area contributed by atoms with Crippen LogP contribution < -0.4 is 0 Å². The molecule has 0 radical (unpaired) electrons. The van der Waals surface area contributed by atoms with Crippen LogP contribution in [0, 0.1) is 6.92 Å². The molecule has 0 aliphatic carbocycles. The van der Waals surface area contributed by atoms with E-state index < -0.39 is 0 Å². The minimum Gasteiger partial charge on any atom is -0.157 e. The van der Waals surface area contributed by atoms with E-state index in [1.165, 1.54) is 11.1 Å². The second-order valence-electron chi connectivity index (χ2n) is 3.98. The molecule has 0 bridgehead atoms. The highest BCUT2D eigenvalue weighted by Gasteiger charge is 2.11. The van der Waals surface area contributed by atoms with E-state index in [0.717, 1.165) is 5.69 Å². The Balaban J connectivity index is 2.61. The maximum atomic E-state index is 4.18. The molecule has 2 aromatic rings. The fraction of sp³-hybridized carbons (Fsp3) is 0.333. The lowest BCUT2D eigenvalue weighted by atomic mass is 9.96. The zero-order chi connectivity index (χ0) is 10.8. The lowest BCUT2D eigenvalue weighted by Gasteiger charge is -2.14. The highest BCUT2D eigenvalue weighted by molar-refractivity contribution is 5.46. The van der Waals surface area contributed by atoms with E-state index in [-0.39, 0.29) is 0 Å². The summed E-state index contributed by atoms with van der Waals surface area (Å²) in [5, 5.41) is 8.35. The first kappa shape index (κ1) is 9.90. The Bertz CT molecular complexity index is 444. The van der Waals surface area contributed by atoms with Crippen molar-refractivity contribution in [1.29, 1.82) is 0 Å². The molecule has 0 fully saturated rings. The fourth-order valence-corrected chi connectivity index (χ4v) is 1.93. The van der Waals surface area contributed by atoms with Crippen molar-refractivity contribution in [3.8, 4) is 5.69 Å². The monoisotopic (exact) mass is 201 g/mol. The maximum absolute atomic E-state index is 4.18. The summed E-state index contributed by atoms with van der Waals surface area (Å²) in [7, 11) is 0. The predicted molar refractivity (Wildman–Crippen MR) is 60.2 cm³/mol. The third-order valence-electron chi connectivity index (χ3n) is 2.51. The first-order valence-corrected chi connectivity index (χ1v) is 5.16. The van der Waals surface area contributed by atoms with Crippen LogP contribution in [0.3, 0.4) is 0 Å². The predicted octanol–water partition coefficient (Wildman–Crippen LogP) is 2.70. The highest BCUT2D eigenvalue weighted by atomic mass is 15.5. The van der Waals surface area contributed by atoms with Gasteiger partial charge in [-0.3, -0.25) is 0 Å². The smallest absolute Gasteiger partial charge is 0.0893 e. The number of aromatic nitrogens is 3. The van der Waals surface area contributed by atoms with Crippen molar-refractivity contribution in [2.24, 2.45) is 0 Å². The van der Waals surface area contributed by atoms with Gasteiger partial charge in [0.2, 0.25) is 0 Å². The topological polar surface area (TPSA) is 30.7 Å². The number of rotatable bonds is 2. The molecular weight excluding hydrogens is 186 g/mol. The number of hydrogen-bond donors (Lipinski definition) is 0. The second kappa shape index (κ2) is 3.85. The largest absolute Gasteiger partial charge is 0.157 e. The highest BCUT2D eigenvalue weighted by Crippen LogP contribution is 2.25. The van der Waals surface area contributed by atoms with Crippen molar-refractivity contribution < 1.29 is 0 Å². The Morgan fingerprint density at radius 3 is 2.40 bits per heavy atom. The number of aryl methyl sites for hydroxylation is 1. The minimum atomic E-state index is 0.479. The Kier molecular flexibility index (Phi) is 2.54.